The Bertz CT molecular complexity index is 1230. The molecule has 182 valence electrons. The predicted molar refractivity (Wildman–Crippen MR) is 122 cm³/mol. The maximum atomic E-state index is 13.1. The van der Waals surface area contributed by atoms with E-state index in [4.69, 9.17) is 14.2 Å². The molecule has 0 saturated heterocycles. The number of sulfonamides is 1. The van der Waals surface area contributed by atoms with Crippen molar-refractivity contribution in [3.05, 3.63) is 47.5 Å². The zero-order valence-electron chi connectivity index (χ0n) is 19.0. The maximum Gasteiger partial charge on any atom is 0.339 e. The van der Waals surface area contributed by atoms with Crippen LogP contribution in [-0.4, -0.2) is 66.0 Å². The number of carbonyl (C=O) groups excluding carboxylic acids is 3. The van der Waals surface area contributed by atoms with E-state index in [0.29, 0.717) is 24.7 Å². The lowest BCUT2D eigenvalue weighted by molar-refractivity contribution is -0.116. The fourth-order valence-corrected chi connectivity index (χ4v) is 4.56. The standard InChI is InChI=1S/C22H24N2O9S/c1-13(24(34(4,28)29)15-6-8-18-19(12-15)33-10-9-32-18)20(25)23-17-11-14(21(26)30-2)5-7-16(17)22(27)31-3/h5-8,11-13H,9-10H2,1-4H3,(H,23,25)/t13-/m0/s1. The van der Waals surface area contributed by atoms with Crippen molar-refractivity contribution < 1.29 is 41.7 Å². The number of amides is 1. The van der Waals surface area contributed by atoms with Crippen molar-refractivity contribution in [2.24, 2.45) is 0 Å². The molecule has 0 aromatic heterocycles. The summed E-state index contributed by atoms with van der Waals surface area (Å²) in [4.78, 5) is 37.2. The summed E-state index contributed by atoms with van der Waals surface area (Å²) >= 11 is 0. The van der Waals surface area contributed by atoms with Gasteiger partial charge in [-0.2, -0.15) is 0 Å². The van der Waals surface area contributed by atoms with E-state index in [2.05, 4.69) is 10.1 Å². The average Bonchev–Trinajstić information content (AvgIpc) is 2.82. The highest BCUT2D eigenvalue weighted by Crippen LogP contribution is 2.35. The molecular formula is C22H24N2O9S. The molecule has 34 heavy (non-hydrogen) atoms. The van der Waals surface area contributed by atoms with Gasteiger partial charge in [-0.1, -0.05) is 0 Å². The normalized spacial score (nSPS) is 13.4. The van der Waals surface area contributed by atoms with Gasteiger partial charge >= 0.3 is 11.9 Å². The van der Waals surface area contributed by atoms with Gasteiger partial charge in [0.25, 0.3) is 0 Å². The monoisotopic (exact) mass is 492 g/mol. The zero-order chi connectivity index (χ0) is 25.0. The molecule has 0 fully saturated rings. The van der Waals surface area contributed by atoms with Gasteiger partial charge in [-0.05, 0) is 37.3 Å². The van der Waals surface area contributed by atoms with Gasteiger partial charge < -0.3 is 24.3 Å². The summed E-state index contributed by atoms with van der Waals surface area (Å²) in [6.07, 6.45) is 0.964. The van der Waals surface area contributed by atoms with Crippen molar-refractivity contribution in [3.63, 3.8) is 0 Å². The summed E-state index contributed by atoms with van der Waals surface area (Å²) in [5.41, 5.74) is 0.193. The molecule has 1 atom stereocenters. The third-order valence-corrected chi connectivity index (χ3v) is 6.21. The third kappa shape index (κ3) is 5.22. The highest BCUT2D eigenvalue weighted by molar-refractivity contribution is 7.92. The molecule has 2 aromatic rings. The zero-order valence-corrected chi connectivity index (χ0v) is 19.8. The molecule has 1 amide bonds. The van der Waals surface area contributed by atoms with Crippen LogP contribution in [0.25, 0.3) is 0 Å². The minimum atomic E-state index is -3.93. The number of nitrogens with one attached hydrogen (secondary N) is 1. The predicted octanol–water partition coefficient (Wildman–Crippen LogP) is 1.82. The molecule has 1 heterocycles. The van der Waals surface area contributed by atoms with E-state index < -0.39 is 33.9 Å². The second-order valence-corrected chi connectivity index (χ2v) is 9.15. The quantitative estimate of drug-likeness (QED) is 0.574. The van der Waals surface area contributed by atoms with Gasteiger partial charge in [0.05, 0.1) is 43.0 Å². The van der Waals surface area contributed by atoms with Crippen LogP contribution in [0.15, 0.2) is 36.4 Å². The van der Waals surface area contributed by atoms with Crippen molar-refractivity contribution in [3.8, 4) is 11.5 Å². The van der Waals surface area contributed by atoms with E-state index in [-0.39, 0.29) is 22.5 Å². The summed E-state index contributed by atoms with van der Waals surface area (Å²) < 4.78 is 46.6. The largest absolute Gasteiger partial charge is 0.486 e. The van der Waals surface area contributed by atoms with E-state index in [1.165, 1.54) is 44.4 Å². The minimum absolute atomic E-state index is 0.0269. The third-order valence-electron chi connectivity index (χ3n) is 4.97. The lowest BCUT2D eigenvalue weighted by Gasteiger charge is -2.29. The number of hydrogen-bond acceptors (Lipinski definition) is 9. The smallest absolute Gasteiger partial charge is 0.339 e. The van der Waals surface area contributed by atoms with Crippen LogP contribution in [-0.2, 0) is 24.3 Å². The second-order valence-electron chi connectivity index (χ2n) is 7.30. The van der Waals surface area contributed by atoms with Gasteiger partial charge in [-0.15, -0.1) is 0 Å². The highest BCUT2D eigenvalue weighted by atomic mass is 32.2. The van der Waals surface area contributed by atoms with E-state index in [1.807, 2.05) is 0 Å². The van der Waals surface area contributed by atoms with Crippen LogP contribution in [0.1, 0.15) is 27.6 Å². The van der Waals surface area contributed by atoms with Crippen LogP contribution in [0.4, 0.5) is 11.4 Å². The molecule has 1 aliphatic rings. The summed E-state index contributed by atoms with van der Waals surface area (Å²) in [5, 5.41) is 2.52. The van der Waals surface area contributed by atoms with E-state index in [9.17, 15) is 22.8 Å². The first-order chi connectivity index (χ1) is 16.1. The van der Waals surface area contributed by atoms with Gasteiger partial charge in [0.15, 0.2) is 11.5 Å². The lowest BCUT2D eigenvalue weighted by atomic mass is 10.1. The van der Waals surface area contributed by atoms with E-state index >= 15 is 0 Å². The molecule has 11 nitrogen and oxygen atoms in total. The molecule has 0 bridgehead atoms. The van der Waals surface area contributed by atoms with Gasteiger partial charge in [0.2, 0.25) is 15.9 Å². The topological polar surface area (TPSA) is 138 Å². The van der Waals surface area contributed by atoms with Gasteiger partial charge in [-0.3, -0.25) is 9.10 Å². The number of esters is 2. The molecule has 1 aliphatic heterocycles. The fourth-order valence-electron chi connectivity index (χ4n) is 3.40. The van der Waals surface area contributed by atoms with Gasteiger partial charge in [-0.25, -0.2) is 18.0 Å². The van der Waals surface area contributed by atoms with Crippen molar-refractivity contribution >= 4 is 39.2 Å². The van der Waals surface area contributed by atoms with Crippen molar-refractivity contribution in [1.29, 1.82) is 0 Å². The number of carbonyl (C=O) groups is 3. The Morgan fingerprint density at radius 1 is 0.971 bits per heavy atom. The molecule has 1 N–H and O–H groups in total. The van der Waals surface area contributed by atoms with E-state index in [0.717, 1.165) is 17.7 Å². The average molecular weight is 493 g/mol. The SMILES string of the molecule is COC(=O)c1ccc(C(=O)OC)c(NC(=O)[C@H](C)N(c2ccc3c(c2)OCCO3)S(C)(=O)=O)c1. The van der Waals surface area contributed by atoms with Crippen molar-refractivity contribution in [2.45, 2.75) is 13.0 Å². The Morgan fingerprint density at radius 2 is 1.62 bits per heavy atom. The second kappa shape index (κ2) is 10.00. The lowest BCUT2D eigenvalue weighted by Crippen LogP contribution is -2.45. The number of ether oxygens (including phenoxy) is 4. The van der Waals surface area contributed by atoms with E-state index in [1.54, 1.807) is 6.07 Å². The number of nitrogens with zero attached hydrogens (tertiary/aromatic N) is 1. The first-order valence-electron chi connectivity index (χ1n) is 10.1. The number of benzene rings is 2. The van der Waals surface area contributed by atoms with Crippen LogP contribution >= 0.6 is 0 Å². The van der Waals surface area contributed by atoms with Crippen molar-refractivity contribution in [2.75, 3.05) is 43.3 Å². The summed E-state index contributed by atoms with van der Waals surface area (Å²) in [7, 11) is -1.57. The van der Waals surface area contributed by atoms with Crippen LogP contribution < -0.4 is 19.1 Å². The Labute approximate surface area is 196 Å². The fraction of sp³-hybridized carbons (Fsp3) is 0.318. The first kappa shape index (κ1) is 24.8. The molecule has 2 aromatic carbocycles. The Balaban J connectivity index is 1.96. The molecule has 3 rings (SSSR count). The maximum absolute atomic E-state index is 13.1. The Hall–Kier alpha value is -3.80. The summed E-state index contributed by atoms with van der Waals surface area (Å²) in [5.74, 6) is -1.39. The van der Waals surface area contributed by atoms with Crippen LogP contribution in [0.2, 0.25) is 0 Å². The van der Waals surface area contributed by atoms with Gasteiger partial charge in [0, 0.05) is 6.07 Å². The molecular weight excluding hydrogens is 468 g/mol. The summed E-state index contributed by atoms with van der Waals surface area (Å²) in [6.45, 7) is 2.06. The Kier molecular flexibility index (Phi) is 7.30. The van der Waals surface area contributed by atoms with Crippen LogP contribution in [0.5, 0.6) is 11.5 Å². The number of fused-ring (bicyclic) bond motifs is 1. The molecule has 12 heteroatoms. The molecule has 0 spiro atoms. The molecule has 0 unspecified atom stereocenters. The summed E-state index contributed by atoms with van der Waals surface area (Å²) in [6, 6.07) is 7.17. The molecule has 0 radical (unpaired) electrons. The number of rotatable bonds is 7. The van der Waals surface area contributed by atoms with Crippen molar-refractivity contribution in [1.82, 2.24) is 0 Å². The van der Waals surface area contributed by atoms with Gasteiger partial charge in [0.1, 0.15) is 19.3 Å². The highest BCUT2D eigenvalue weighted by Gasteiger charge is 2.31. The molecule has 0 saturated carbocycles. The number of anilines is 2. The minimum Gasteiger partial charge on any atom is -0.486 e. The van der Waals surface area contributed by atoms with Crippen LogP contribution in [0, 0.1) is 0 Å². The number of methoxy groups -OCH3 is 2. The Morgan fingerprint density at radius 3 is 2.24 bits per heavy atom. The first-order valence-corrected chi connectivity index (χ1v) is 11.9. The van der Waals surface area contributed by atoms with Crippen LogP contribution in [0.3, 0.4) is 0 Å². The molecule has 0 aliphatic carbocycles. The number of hydrogen-bond donors (Lipinski definition) is 1.